The number of hydrogen-bond acceptors (Lipinski definition) is 6. The van der Waals surface area contributed by atoms with Gasteiger partial charge in [-0.25, -0.2) is 13.2 Å². The maximum absolute atomic E-state index is 13.3. The molecule has 0 spiro atoms. The van der Waals surface area contributed by atoms with Crippen LogP contribution < -0.4 is 16.8 Å². The summed E-state index contributed by atoms with van der Waals surface area (Å²) in [6.07, 6.45) is -2.38. The molecule has 2 atom stereocenters. The average molecular weight is 451 g/mol. The van der Waals surface area contributed by atoms with Crippen LogP contribution >= 0.6 is 0 Å². The zero-order valence-corrected chi connectivity index (χ0v) is 18.4. The van der Waals surface area contributed by atoms with Crippen molar-refractivity contribution < 1.29 is 23.4 Å². The van der Waals surface area contributed by atoms with E-state index in [4.69, 9.17) is 11.5 Å². The van der Waals surface area contributed by atoms with Crippen LogP contribution in [0.5, 0.6) is 0 Å². The molecule has 2 unspecified atom stereocenters. The number of amides is 1. The van der Waals surface area contributed by atoms with E-state index in [0.717, 1.165) is 9.87 Å². The third-order valence-electron chi connectivity index (χ3n) is 4.73. The highest BCUT2D eigenvalue weighted by Gasteiger charge is 2.31. The molecule has 0 saturated heterocycles. The van der Waals surface area contributed by atoms with Crippen LogP contribution in [0.25, 0.3) is 0 Å². The third-order valence-corrected chi connectivity index (χ3v) is 6.55. The molecule has 10 heteroatoms. The van der Waals surface area contributed by atoms with E-state index in [1.807, 2.05) is 32.0 Å². The lowest BCUT2D eigenvalue weighted by Crippen LogP contribution is -2.50. The van der Waals surface area contributed by atoms with Crippen molar-refractivity contribution in [3.05, 3.63) is 54.1 Å². The highest BCUT2D eigenvalue weighted by atomic mass is 32.2. The second-order valence-electron chi connectivity index (χ2n) is 7.82. The fraction of sp³-hybridized carbons (Fsp3) is 0.381. The van der Waals surface area contributed by atoms with Gasteiger partial charge in [-0.3, -0.25) is 0 Å². The Balaban J connectivity index is 2.31. The molecule has 0 radical (unpaired) electrons. The van der Waals surface area contributed by atoms with E-state index in [1.165, 1.54) is 18.2 Å². The monoisotopic (exact) mass is 450 g/mol. The summed E-state index contributed by atoms with van der Waals surface area (Å²) >= 11 is 0. The fourth-order valence-electron chi connectivity index (χ4n) is 3.19. The number of hydrogen-bond donors (Lipinski definition) is 5. The van der Waals surface area contributed by atoms with Crippen molar-refractivity contribution in [2.24, 2.45) is 5.92 Å². The predicted molar refractivity (Wildman–Crippen MR) is 120 cm³/mol. The van der Waals surface area contributed by atoms with Gasteiger partial charge in [-0.2, -0.15) is 4.31 Å². The molecular formula is C21H30N4O5S. The molecule has 0 fully saturated rings. The van der Waals surface area contributed by atoms with Gasteiger partial charge in [0.1, 0.15) is 0 Å². The summed E-state index contributed by atoms with van der Waals surface area (Å²) in [4.78, 5) is 11.2. The number of nitrogen functional groups attached to an aromatic ring is 2. The van der Waals surface area contributed by atoms with Crippen LogP contribution in [-0.2, 0) is 16.4 Å². The molecule has 7 N–H and O–H groups in total. The van der Waals surface area contributed by atoms with Gasteiger partial charge in [-0.1, -0.05) is 44.2 Å². The van der Waals surface area contributed by atoms with Gasteiger partial charge in [0.25, 0.3) is 0 Å². The molecule has 0 bridgehead atoms. The minimum Gasteiger partial charge on any atom is -0.465 e. The lowest BCUT2D eigenvalue weighted by molar-refractivity contribution is 0.0980. The van der Waals surface area contributed by atoms with Crippen molar-refractivity contribution in [1.29, 1.82) is 0 Å². The van der Waals surface area contributed by atoms with Gasteiger partial charge in [0, 0.05) is 13.1 Å². The second kappa shape index (κ2) is 10.5. The van der Waals surface area contributed by atoms with E-state index in [2.05, 4.69) is 5.32 Å². The average Bonchev–Trinajstić information content (AvgIpc) is 2.69. The maximum atomic E-state index is 13.3. The predicted octanol–water partition coefficient (Wildman–Crippen LogP) is 1.74. The molecule has 0 saturated carbocycles. The molecule has 0 aromatic heterocycles. The first-order chi connectivity index (χ1) is 14.5. The van der Waals surface area contributed by atoms with Crippen LogP contribution in [0.3, 0.4) is 0 Å². The number of aliphatic hydroxyl groups excluding tert-OH is 1. The molecule has 0 aliphatic heterocycles. The van der Waals surface area contributed by atoms with Crippen molar-refractivity contribution in [1.82, 2.24) is 9.62 Å². The van der Waals surface area contributed by atoms with Gasteiger partial charge in [0.2, 0.25) is 10.0 Å². The van der Waals surface area contributed by atoms with E-state index in [9.17, 15) is 23.4 Å². The molecule has 31 heavy (non-hydrogen) atoms. The van der Waals surface area contributed by atoms with E-state index in [0.29, 0.717) is 0 Å². The molecule has 1 amide bonds. The smallest absolute Gasteiger partial charge is 0.404 e. The van der Waals surface area contributed by atoms with E-state index in [1.54, 1.807) is 12.1 Å². The Hall–Kier alpha value is -2.82. The van der Waals surface area contributed by atoms with Gasteiger partial charge in [-0.05, 0) is 36.1 Å². The first-order valence-corrected chi connectivity index (χ1v) is 11.3. The van der Waals surface area contributed by atoms with Crippen LogP contribution in [0.15, 0.2) is 53.4 Å². The lowest BCUT2D eigenvalue weighted by atomic mass is 10.0. The number of carboxylic acid groups (broad SMARTS) is 1. The molecule has 0 aliphatic rings. The molecule has 0 aliphatic carbocycles. The zero-order chi connectivity index (χ0) is 23.2. The van der Waals surface area contributed by atoms with Crippen LogP contribution in [0.1, 0.15) is 19.4 Å². The van der Waals surface area contributed by atoms with Crippen LogP contribution in [0.4, 0.5) is 16.2 Å². The Bertz CT molecular complexity index is 983. The molecule has 2 rings (SSSR count). The number of nitrogens with two attached hydrogens (primary N) is 2. The molecule has 2 aromatic carbocycles. The number of nitrogens with one attached hydrogen (secondary N) is 1. The SMILES string of the molecule is CC(C)CN(CC(O)C(Cc1ccccc1)NC(=O)O)S(=O)(=O)c1ccc(N)c(N)c1. The van der Waals surface area contributed by atoms with Gasteiger partial charge in [0.15, 0.2) is 0 Å². The Morgan fingerprint density at radius 3 is 2.26 bits per heavy atom. The number of sulfonamides is 1. The van der Waals surface area contributed by atoms with Gasteiger partial charge < -0.3 is 27.0 Å². The Morgan fingerprint density at radius 1 is 1.06 bits per heavy atom. The van der Waals surface area contributed by atoms with Crippen molar-refractivity contribution in [3.63, 3.8) is 0 Å². The van der Waals surface area contributed by atoms with Crippen molar-refractivity contribution in [2.75, 3.05) is 24.6 Å². The first kappa shape index (κ1) is 24.4. The highest BCUT2D eigenvalue weighted by Crippen LogP contribution is 2.24. The largest absolute Gasteiger partial charge is 0.465 e. The number of aliphatic hydroxyl groups is 1. The van der Waals surface area contributed by atoms with Gasteiger partial charge >= 0.3 is 6.09 Å². The summed E-state index contributed by atoms with van der Waals surface area (Å²) in [6, 6.07) is 12.2. The highest BCUT2D eigenvalue weighted by molar-refractivity contribution is 7.89. The van der Waals surface area contributed by atoms with Crippen molar-refractivity contribution in [3.8, 4) is 0 Å². The number of nitrogens with zero attached hydrogens (tertiary/aromatic N) is 1. The van der Waals surface area contributed by atoms with Crippen LogP contribution in [-0.4, -0.2) is 54.3 Å². The minimum atomic E-state index is -4.00. The summed E-state index contributed by atoms with van der Waals surface area (Å²) in [5, 5.41) is 22.3. The summed E-state index contributed by atoms with van der Waals surface area (Å²) in [5.74, 6) is -0.0342. The van der Waals surface area contributed by atoms with Crippen molar-refractivity contribution in [2.45, 2.75) is 37.3 Å². The maximum Gasteiger partial charge on any atom is 0.404 e. The van der Waals surface area contributed by atoms with E-state index in [-0.39, 0.29) is 41.7 Å². The molecule has 170 valence electrons. The normalized spacial score (nSPS) is 13.8. The minimum absolute atomic E-state index is 0.0342. The van der Waals surface area contributed by atoms with Crippen LogP contribution in [0, 0.1) is 5.92 Å². The molecule has 9 nitrogen and oxygen atoms in total. The number of anilines is 2. The van der Waals surface area contributed by atoms with Crippen LogP contribution in [0.2, 0.25) is 0 Å². The second-order valence-corrected chi connectivity index (χ2v) is 9.76. The van der Waals surface area contributed by atoms with Gasteiger partial charge in [-0.15, -0.1) is 0 Å². The Morgan fingerprint density at radius 2 is 1.71 bits per heavy atom. The van der Waals surface area contributed by atoms with Crippen molar-refractivity contribution >= 4 is 27.5 Å². The number of carbonyl (C=O) groups is 1. The first-order valence-electron chi connectivity index (χ1n) is 9.87. The fourth-order valence-corrected chi connectivity index (χ4v) is 4.84. The summed E-state index contributed by atoms with van der Waals surface area (Å²) in [6.45, 7) is 3.55. The van der Waals surface area contributed by atoms with E-state index >= 15 is 0 Å². The molecule has 0 heterocycles. The Labute approximate surface area is 182 Å². The quantitative estimate of drug-likeness (QED) is 0.345. The topological polar surface area (TPSA) is 159 Å². The zero-order valence-electron chi connectivity index (χ0n) is 17.6. The van der Waals surface area contributed by atoms with Gasteiger partial charge in [0.05, 0.1) is 28.4 Å². The number of benzene rings is 2. The lowest BCUT2D eigenvalue weighted by Gasteiger charge is -2.30. The van der Waals surface area contributed by atoms with E-state index < -0.39 is 28.3 Å². The standard InChI is InChI=1S/C21H30N4O5S/c1-14(2)12-25(31(29,30)16-8-9-17(22)18(23)11-16)13-20(26)19(24-21(27)28)10-15-6-4-3-5-7-15/h3-9,11,14,19-20,24,26H,10,12-13,22-23H2,1-2H3,(H,27,28). The number of rotatable bonds is 10. The molecular weight excluding hydrogens is 420 g/mol. The third kappa shape index (κ3) is 6.84. The Kier molecular flexibility index (Phi) is 8.26. The summed E-state index contributed by atoms with van der Waals surface area (Å²) in [5.41, 5.74) is 12.7. The summed E-state index contributed by atoms with van der Waals surface area (Å²) in [7, 11) is -4.00. The summed E-state index contributed by atoms with van der Waals surface area (Å²) < 4.78 is 27.7. The molecule has 2 aromatic rings.